The summed E-state index contributed by atoms with van der Waals surface area (Å²) in [6, 6.07) is 7.71. The molecule has 1 aromatic rings. The standard InChI is InChI=1S/C13H15NO3/c15-13(16)10-3-1-2-9(4-10)6-14-7-12-5-11(14)8-17-12/h1-4,11-12H,5-8H2,(H,15,16). The zero-order valence-electron chi connectivity index (χ0n) is 9.50. The number of aromatic carboxylic acids is 1. The maximum Gasteiger partial charge on any atom is 0.335 e. The van der Waals surface area contributed by atoms with Gasteiger partial charge in [0.05, 0.1) is 18.3 Å². The van der Waals surface area contributed by atoms with E-state index < -0.39 is 5.97 Å². The van der Waals surface area contributed by atoms with Gasteiger partial charge in [-0.15, -0.1) is 0 Å². The Morgan fingerprint density at radius 1 is 1.53 bits per heavy atom. The minimum atomic E-state index is -0.863. The number of carbonyl (C=O) groups is 1. The van der Waals surface area contributed by atoms with E-state index in [2.05, 4.69) is 4.90 Å². The average Bonchev–Trinajstić information content (AvgIpc) is 2.91. The second kappa shape index (κ2) is 4.13. The van der Waals surface area contributed by atoms with Crippen molar-refractivity contribution in [2.45, 2.75) is 25.1 Å². The molecule has 2 saturated heterocycles. The summed E-state index contributed by atoms with van der Waals surface area (Å²) in [5, 5.41) is 8.94. The van der Waals surface area contributed by atoms with Crippen LogP contribution in [0.1, 0.15) is 22.3 Å². The second-order valence-electron chi connectivity index (χ2n) is 4.78. The van der Waals surface area contributed by atoms with Crippen molar-refractivity contribution in [3.8, 4) is 0 Å². The molecule has 2 aliphatic heterocycles. The molecule has 0 radical (unpaired) electrons. The van der Waals surface area contributed by atoms with Crippen molar-refractivity contribution in [3.63, 3.8) is 0 Å². The van der Waals surface area contributed by atoms with Gasteiger partial charge in [-0.25, -0.2) is 4.79 Å². The Morgan fingerprint density at radius 3 is 3.06 bits per heavy atom. The minimum Gasteiger partial charge on any atom is -0.478 e. The monoisotopic (exact) mass is 233 g/mol. The lowest BCUT2D eigenvalue weighted by Crippen LogP contribution is -2.36. The molecule has 3 rings (SSSR count). The molecule has 2 heterocycles. The minimum absolute atomic E-state index is 0.364. The second-order valence-corrected chi connectivity index (χ2v) is 4.78. The Labute approximate surface area is 99.8 Å². The first kappa shape index (κ1) is 10.7. The summed E-state index contributed by atoms with van der Waals surface area (Å²) in [7, 11) is 0. The quantitative estimate of drug-likeness (QED) is 0.856. The Hall–Kier alpha value is -1.39. The van der Waals surface area contributed by atoms with Crippen LogP contribution in [0.2, 0.25) is 0 Å². The molecular weight excluding hydrogens is 218 g/mol. The molecule has 1 N–H and O–H groups in total. The third-order valence-corrected chi connectivity index (χ3v) is 3.57. The third-order valence-electron chi connectivity index (χ3n) is 3.57. The highest BCUT2D eigenvalue weighted by molar-refractivity contribution is 5.87. The molecule has 90 valence electrons. The van der Waals surface area contributed by atoms with Crippen LogP contribution in [-0.2, 0) is 11.3 Å². The molecule has 0 amide bonds. The number of benzene rings is 1. The molecule has 2 fully saturated rings. The first-order valence-corrected chi connectivity index (χ1v) is 5.90. The number of carboxylic acid groups (broad SMARTS) is 1. The fourth-order valence-electron chi connectivity index (χ4n) is 2.71. The number of nitrogens with zero attached hydrogens (tertiary/aromatic N) is 1. The summed E-state index contributed by atoms with van der Waals surface area (Å²) in [4.78, 5) is 13.3. The Balaban J connectivity index is 1.73. The molecule has 4 heteroatoms. The van der Waals surface area contributed by atoms with Gasteiger partial charge >= 0.3 is 5.97 Å². The van der Waals surface area contributed by atoms with E-state index in [1.807, 2.05) is 12.1 Å². The van der Waals surface area contributed by atoms with Gasteiger partial charge in [-0.05, 0) is 24.1 Å². The van der Waals surface area contributed by atoms with Crippen LogP contribution in [0.5, 0.6) is 0 Å². The number of fused-ring (bicyclic) bond motifs is 2. The number of ether oxygens (including phenoxy) is 1. The van der Waals surface area contributed by atoms with Crippen molar-refractivity contribution in [2.24, 2.45) is 0 Å². The van der Waals surface area contributed by atoms with Crippen molar-refractivity contribution in [1.29, 1.82) is 0 Å². The number of hydrogen-bond donors (Lipinski definition) is 1. The highest BCUT2D eigenvalue weighted by Gasteiger charge is 2.38. The molecule has 0 aromatic heterocycles. The Kier molecular flexibility index (Phi) is 2.61. The lowest BCUT2D eigenvalue weighted by Gasteiger charge is -2.26. The van der Waals surface area contributed by atoms with Crippen molar-refractivity contribution in [3.05, 3.63) is 35.4 Å². The van der Waals surface area contributed by atoms with E-state index in [1.165, 1.54) is 0 Å². The van der Waals surface area contributed by atoms with Gasteiger partial charge in [0.15, 0.2) is 0 Å². The molecule has 0 aliphatic carbocycles. The molecule has 2 unspecified atom stereocenters. The first-order chi connectivity index (χ1) is 8.22. The highest BCUT2D eigenvalue weighted by atomic mass is 16.5. The van der Waals surface area contributed by atoms with Crippen molar-refractivity contribution in [1.82, 2.24) is 4.90 Å². The summed E-state index contributed by atoms with van der Waals surface area (Å²) in [5.74, 6) is -0.863. The van der Waals surface area contributed by atoms with Gasteiger partial charge in [0.1, 0.15) is 0 Å². The van der Waals surface area contributed by atoms with Crippen LogP contribution in [0.15, 0.2) is 24.3 Å². The fraction of sp³-hybridized carbons (Fsp3) is 0.462. The highest BCUT2D eigenvalue weighted by Crippen LogP contribution is 2.29. The van der Waals surface area contributed by atoms with Crippen LogP contribution in [0.25, 0.3) is 0 Å². The van der Waals surface area contributed by atoms with Crippen molar-refractivity contribution in [2.75, 3.05) is 13.2 Å². The number of likely N-dealkylation sites (tertiary alicyclic amines) is 1. The number of rotatable bonds is 3. The molecule has 0 spiro atoms. The van der Waals surface area contributed by atoms with E-state index in [-0.39, 0.29) is 0 Å². The molecule has 2 aliphatic rings. The van der Waals surface area contributed by atoms with Gasteiger partial charge in [-0.1, -0.05) is 12.1 Å². The fourth-order valence-corrected chi connectivity index (χ4v) is 2.71. The lowest BCUT2D eigenvalue weighted by molar-refractivity contribution is 0.0273. The van der Waals surface area contributed by atoms with Crippen molar-refractivity contribution < 1.29 is 14.6 Å². The van der Waals surface area contributed by atoms with Gasteiger partial charge in [0.25, 0.3) is 0 Å². The molecule has 2 atom stereocenters. The molecule has 1 aromatic carbocycles. The van der Waals surface area contributed by atoms with Gasteiger partial charge in [0, 0.05) is 19.1 Å². The van der Waals surface area contributed by atoms with E-state index in [1.54, 1.807) is 12.1 Å². The van der Waals surface area contributed by atoms with Gasteiger partial charge in [-0.2, -0.15) is 0 Å². The van der Waals surface area contributed by atoms with E-state index >= 15 is 0 Å². The Bertz CT molecular complexity index is 446. The number of morpholine rings is 1. The van der Waals surface area contributed by atoms with E-state index in [4.69, 9.17) is 9.84 Å². The average molecular weight is 233 g/mol. The summed E-state index contributed by atoms with van der Waals surface area (Å²) in [5.41, 5.74) is 1.43. The van der Waals surface area contributed by atoms with E-state index in [9.17, 15) is 4.79 Å². The lowest BCUT2D eigenvalue weighted by atomic mass is 10.1. The van der Waals surface area contributed by atoms with Crippen LogP contribution in [-0.4, -0.2) is 41.3 Å². The molecule has 0 saturated carbocycles. The summed E-state index contributed by atoms with van der Waals surface area (Å²) < 4.78 is 5.55. The van der Waals surface area contributed by atoms with Gasteiger partial charge in [-0.3, -0.25) is 4.90 Å². The van der Waals surface area contributed by atoms with E-state index in [0.29, 0.717) is 17.7 Å². The zero-order chi connectivity index (χ0) is 11.8. The summed E-state index contributed by atoms with van der Waals surface area (Å²) in [6.45, 7) is 2.62. The smallest absolute Gasteiger partial charge is 0.335 e. The predicted molar refractivity (Wildman–Crippen MR) is 62.0 cm³/mol. The number of carboxylic acids is 1. The maximum atomic E-state index is 10.9. The van der Waals surface area contributed by atoms with Crippen LogP contribution >= 0.6 is 0 Å². The largest absolute Gasteiger partial charge is 0.478 e. The summed E-state index contributed by atoms with van der Waals surface area (Å²) in [6.07, 6.45) is 1.51. The number of hydrogen-bond acceptors (Lipinski definition) is 3. The molecule has 4 nitrogen and oxygen atoms in total. The topological polar surface area (TPSA) is 49.8 Å². The third kappa shape index (κ3) is 2.06. The normalized spacial score (nSPS) is 27.5. The van der Waals surface area contributed by atoms with Crippen molar-refractivity contribution >= 4 is 5.97 Å². The molecular formula is C13H15NO3. The van der Waals surface area contributed by atoms with Crippen LogP contribution < -0.4 is 0 Å². The van der Waals surface area contributed by atoms with Crippen LogP contribution in [0, 0.1) is 0 Å². The molecule has 2 bridgehead atoms. The molecule has 17 heavy (non-hydrogen) atoms. The predicted octanol–water partition coefficient (Wildman–Crippen LogP) is 1.36. The van der Waals surface area contributed by atoms with Gasteiger partial charge in [0.2, 0.25) is 0 Å². The zero-order valence-corrected chi connectivity index (χ0v) is 9.50. The SMILES string of the molecule is O=C(O)c1cccc(CN2CC3CC2CO3)c1. The van der Waals surface area contributed by atoms with E-state index in [0.717, 1.165) is 31.7 Å². The summed E-state index contributed by atoms with van der Waals surface area (Å²) >= 11 is 0. The Morgan fingerprint density at radius 2 is 2.41 bits per heavy atom. The first-order valence-electron chi connectivity index (χ1n) is 5.90. The van der Waals surface area contributed by atoms with Crippen LogP contribution in [0.4, 0.5) is 0 Å². The van der Waals surface area contributed by atoms with Crippen LogP contribution in [0.3, 0.4) is 0 Å². The van der Waals surface area contributed by atoms with Gasteiger partial charge < -0.3 is 9.84 Å². The maximum absolute atomic E-state index is 10.9.